The Kier molecular flexibility index (Phi) is 24.9. The number of carbonyl (C=O) groups is 2. The maximum absolute atomic E-state index is 11.2. The fourth-order valence-electron chi connectivity index (χ4n) is 4.21. The standard InChI is InChI=1S/C22H44O2.C10H12O2/c1-2-3-4-5-6-7-8-9-10-11-12-13-14-15-16-17-18-19-20-21-22(23)24;1-8(2)12-10(11)9-6-4-3-5-7-9/h2-21H2,1H3,(H,23,24);3-8H,1-2H3. The molecular weight excluding hydrogens is 448 g/mol. The fraction of sp³-hybridized carbons (Fsp3) is 0.750. The van der Waals surface area contributed by atoms with Gasteiger partial charge < -0.3 is 9.84 Å². The molecule has 0 heterocycles. The van der Waals surface area contributed by atoms with E-state index in [1.807, 2.05) is 32.0 Å². The van der Waals surface area contributed by atoms with E-state index in [-0.39, 0.29) is 12.1 Å². The van der Waals surface area contributed by atoms with Crippen LogP contribution in [0.2, 0.25) is 0 Å². The van der Waals surface area contributed by atoms with E-state index in [0.717, 1.165) is 12.8 Å². The van der Waals surface area contributed by atoms with Crippen molar-refractivity contribution >= 4 is 11.9 Å². The monoisotopic (exact) mass is 504 g/mol. The van der Waals surface area contributed by atoms with Crippen LogP contribution in [-0.4, -0.2) is 23.1 Å². The molecule has 0 radical (unpaired) electrons. The number of unbranched alkanes of at least 4 members (excludes halogenated alkanes) is 18. The molecule has 0 bridgehead atoms. The summed E-state index contributed by atoms with van der Waals surface area (Å²) in [7, 11) is 0. The van der Waals surface area contributed by atoms with Crippen LogP contribution in [-0.2, 0) is 9.53 Å². The first-order chi connectivity index (χ1) is 17.5. The van der Waals surface area contributed by atoms with Gasteiger partial charge in [-0.1, -0.05) is 141 Å². The number of carbonyl (C=O) groups excluding carboxylic acids is 1. The predicted molar refractivity (Wildman–Crippen MR) is 153 cm³/mol. The zero-order chi connectivity index (χ0) is 26.7. The van der Waals surface area contributed by atoms with Crippen molar-refractivity contribution in [2.45, 2.75) is 155 Å². The number of benzene rings is 1. The van der Waals surface area contributed by atoms with Crippen LogP contribution in [0.5, 0.6) is 0 Å². The zero-order valence-electron chi connectivity index (χ0n) is 23.8. The molecular formula is C32H56O4. The lowest BCUT2D eigenvalue weighted by molar-refractivity contribution is -0.137. The molecule has 0 aliphatic heterocycles. The van der Waals surface area contributed by atoms with Crippen LogP contribution in [0.1, 0.15) is 160 Å². The molecule has 0 fully saturated rings. The molecule has 4 nitrogen and oxygen atoms in total. The zero-order valence-corrected chi connectivity index (χ0v) is 23.8. The van der Waals surface area contributed by atoms with E-state index in [4.69, 9.17) is 9.84 Å². The summed E-state index contributed by atoms with van der Waals surface area (Å²) >= 11 is 0. The summed E-state index contributed by atoms with van der Waals surface area (Å²) in [5, 5.41) is 8.56. The van der Waals surface area contributed by atoms with Gasteiger partial charge in [-0.15, -0.1) is 0 Å². The second kappa shape index (κ2) is 26.2. The number of hydrogen-bond donors (Lipinski definition) is 1. The summed E-state index contributed by atoms with van der Waals surface area (Å²) in [6, 6.07) is 8.98. The second-order valence-electron chi connectivity index (χ2n) is 10.3. The minimum Gasteiger partial charge on any atom is -0.481 e. The van der Waals surface area contributed by atoms with E-state index in [9.17, 15) is 9.59 Å². The molecule has 0 saturated heterocycles. The first kappa shape index (κ1) is 34.2. The SMILES string of the molecule is CC(C)OC(=O)c1ccccc1.CCCCCCCCCCCCCCCCCCCCCC(=O)O. The van der Waals surface area contributed by atoms with Gasteiger partial charge in [0.1, 0.15) is 0 Å². The van der Waals surface area contributed by atoms with Crippen LogP contribution in [0.3, 0.4) is 0 Å². The van der Waals surface area contributed by atoms with Crippen molar-refractivity contribution in [2.24, 2.45) is 0 Å². The quantitative estimate of drug-likeness (QED) is 0.126. The first-order valence-electron chi connectivity index (χ1n) is 14.9. The Bertz CT molecular complexity index is 612. The van der Waals surface area contributed by atoms with Gasteiger partial charge in [-0.2, -0.15) is 0 Å². The fourth-order valence-corrected chi connectivity index (χ4v) is 4.21. The van der Waals surface area contributed by atoms with Crippen molar-refractivity contribution in [3.63, 3.8) is 0 Å². The Morgan fingerprint density at radius 3 is 1.33 bits per heavy atom. The molecule has 1 N–H and O–H groups in total. The molecule has 0 aliphatic carbocycles. The Hall–Kier alpha value is -1.84. The number of hydrogen-bond acceptors (Lipinski definition) is 3. The molecule has 0 saturated carbocycles. The van der Waals surface area contributed by atoms with E-state index in [1.165, 1.54) is 109 Å². The molecule has 0 unspecified atom stereocenters. The molecule has 208 valence electrons. The lowest BCUT2D eigenvalue weighted by atomic mass is 10.0. The van der Waals surface area contributed by atoms with Gasteiger partial charge in [0.05, 0.1) is 11.7 Å². The van der Waals surface area contributed by atoms with Crippen LogP contribution in [0.15, 0.2) is 30.3 Å². The summed E-state index contributed by atoms with van der Waals surface area (Å²) in [6.07, 6.45) is 26.0. The van der Waals surface area contributed by atoms with Crippen LogP contribution in [0, 0.1) is 0 Å². The Morgan fingerprint density at radius 2 is 1.00 bits per heavy atom. The van der Waals surface area contributed by atoms with Crippen molar-refractivity contribution < 1.29 is 19.4 Å². The number of carboxylic acid groups (broad SMARTS) is 1. The van der Waals surface area contributed by atoms with E-state index in [1.54, 1.807) is 12.1 Å². The molecule has 0 aliphatic rings. The van der Waals surface area contributed by atoms with Gasteiger partial charge in [-0.05, 0) is 32.4 Å². The Labute approximate surface area is 222 Å². The molecule has 1 aromatic rings. The first-order valence-corrected chi connectivity index (χ1v) is 14.9. The lowest BCUT2D eigenvalue weighted by Gasteiger charge is -2.06. The van der Waals surface area contributed by atoms with Gasteiger partial charge >= 0.3 is 11.9 Å². The van der Waals surface area contributed by atoms with Gasteiger partial charge in [-0.3, -0.25) is 4.79 Å². The number of esters is 1. The molecule has 1 aromatic carbocycles. The largest absolute Gasteiger partial charge is 0.481 e. The lowest BCUT2D eigenvalue weighted by Crippen LogP contribution is -2.11. The normalized spacial score (nSPS) is 10.7. The van der Waals surface area contributed by atoms with Crippen molar-refractivity contribution in [3.8, 4) is 0 Å². The highest BCUT2D eigenvalue weighted by molar-refractivity contribution is 5.89. The van der Waals surface area contributed by atoms with Crippen molar-refractivity contribution in [3.05, 3.63) is 35.9 Å². The number of carboxylic acids is 1. The van der Waals surface area contributed by atoms with E-state index >= 15 is 0 Å². The highest BCUT2D eigenvalue weighted by atomic mass is 16.5. The number of ether oxygens (including phenoxy) is 1. The topological polar surface area (TPSA) is 63.6 Å². The van der Waals surface area contributed by atoms with Crippen LogP contribution in [0.4, 0.5) is 0 Å². The highest BCUT2D eigenvalue weighted by Gasteiger charge is 2.06. The Morgan fingerprint density at radius 1 is 0.639 bits per heavy atom. The summed E-state index contributed by atoms with van der Waals surface area (Å²) in [6.45, 7) is 5.95. The molecule has 1 rings (SSSR count). The minimum atomic E-state index is -0.651. The van der Waals surface area contributed by atoms with Crippen LogP contribution < -0.4 is 0 Å². The summed E-state index contributed by atoms with van der Waals surface area (Å²) in [4.78, 5) is 21.6. The molecule has 4 heteroatoms. The molecule has 0 amide bonds. The second-order valence-corrected chi connectivity index (χ2v) is 10.3. The van der Waals surface area contributed by atoms with E-state index < -0.39 is 5.97 Å². The predicted octanol–water partition coefficient (Wildman–Crippen LogP) is 10.1. The van der Waals surface area contributed by atoms with Crippen LogP contribution in [0.25, 0.3) is 0 Å². The Balaban J connectivity index is 0.000000846. The van der Waals surface area contributed by atoms with Crippen molar-refractivity contribution in [2.75, 3.05) is 0 Å². The third-order valence-corrected chi connectivity index (χ3v) is 6.35. The molecule has 0 atom stereocenters. The van der Waals surface area contributed by atoms with Gasteiger partial charge in [0.25, 0.3) is 0 Å². The smallest absolute Gasteiger partial charge is 0.338 e. The van der Waals surface area contributed by atoms with E-state index in [2.05, 4.69) is 6.92 Å². The number of rotatable bonds is 22. The average molecular weight is 505 g/mol. The third-order valence-electron chi connectivity index (χ3n) is 6.35. The minimum absolute atomic E-state index is 0.0577. The highest BCUT2D eigenvalue weighted by Crippen LogP contribution is 2.14. The van der Waals surface area contributed by atoms with Crippen molar-refractivity contribution in [1.29, 1.82) is 0 Å². The maximum atomic E-state index is 11.2. The van der Waals surface area contributed by atoms with Gasteiger partial charge in [0, 0.05) is 6.42 Å². The van der Waals surface area contributed by atoms with Crippen LogP contribution >= 0.6 is 0 Å². The molecule has 0 spiro atoms. The molecule has 36 heavy (non-hydrogen) atoms. The summed E-state index contributed by atoms with van der Waals surface area (Å²) < 4.78 is 5.00. The summed E-state index contributed by atoms with van der Waals surface area (Å²) in [5.74, 6) is -0.910. The van der Waals surface area contributed by atoms with E-state index in [0.29, 0.717) is 12.0 Å². The third kappa shape index (κ3) is 25.3. The average Bonchev–Trinajstić information content (AvgIpc) is 2.86. The summed E-state index contributed by atoms with van der Waals surface area (Å²) in [5.41, 5.74) is 0.603. The molecule has 0 aromatic heterocycles. The van der Waals surface area contributed by atoms with Gasteiger partial charge in [-0.25, -0.2) is 4.79 Å². The van der Waals surface area contributed by atoms with Crippen molar-refractivity contribution in [1.82, 2.24) is 0 Å². The van der Waals surface area contributed by atoms with Gasteiger partial charge in [0.2, 0.25) is 0 Å². The number of aliphatic carboxylic acids is 1. The van der Waals surface area contributed by atoms with Gasteiger partial charge in [0.15, 0.2) is 0 Å². The maximum Gasteiger partial charge on any atom is 0.338 e.